The van der Waals surface area contributed by atoms with Crippen molar-refractivity contribution < 1.29 is 23.9 Å². The van der Waals surface area contributed by atoms with Crippen molar-refractivity contribution in [3.8, 4) is 0 Å². The first-order valence-electron chi connectivity index (χ1n) is 10.3. The summed E-state index contributed by atoms with van der Waals surface area (Å²) in [6, 6.07) is 7.93. The second-order valence-electron chi connectivity index (χ2n) is 7.67. The molecule has 3 N–H and O–H groups in total. The highest BCUT2D eigenvalue weighted by Crippen LogP contribution is 2.20. The van der Waals surface area contributed by atoms with Crippen LogP contribution in [0, 0.1) is 0 Å². The monoisotopic (exact) mass is 416 g/mol. The van der Waals surface area contributed by atoms with Crippen molar-refractivity contribution in [3.05, 3.63) is 35.9 Å². The molecule has 1 aromatic carbocycles. The summed E-state index contributed by atoms with van der Waals surface area (Å²) < 4.78 is 5.36. The zero-order valence-corrected chi connectivity index (χ0v) is 16.9. The van der Waals surface area contributed by atoms with Gasteiger partial charge in [0, 0.05) is 13.1 Å². The lowest BCUT2D eigenvalue weighted by Gasteiger charge is -2.27. The van der Waals surface area contributed by atoms with Gasteiger partial charge in [0.1, 0.15) is 18.7 Å². The molecule has 9 nitrogen and oxygen atoms in total. The van der Waals surface area contributed by atoms with Gasteiger partial charge in [0.15, 0.2) is 0 Å². The van der Waals surface area contributed by atoms with Crippen molar-refractivity contribution in [2.75, 3.05) is 19.6 Å². The summed E-state index contributed by atoms with van der Waals surface area (Å²) in [5.74, 6) is -1.27. The molecule has 1 unspecified atom stereocenters. The van der Waals surface area contributed by atoms with Gasteiger partial charge in [-0.05, 0) is 37.7 Å². The number of nitrogens with two attached hydrogens (primary N) is 1. The number of amides is 4. The molecule has 9 heteroatoms. The third-order valence-electron chi connectivity index (χ3n) is 5.44. The Bertz CT molecular complexity index is 785. The standard InChI is InChI=1S/C21H28N4O5/c22-18(26)13-24-11-5-4-9-16(20(24)28)23-19(27)17-10-6-12-25(17)21(29)30-14-15-7-2-1-3-8-15/h1-3,7-8,16-17H,4-6,9-14H2,(H2,22,26)(H,23,27)/t16-,17?/m1/s1. The molecule has 2 atom stereocenters. The van der Waals surface area contributed by atoms with E-state index in [2.05, 4.69) is 5.32 Å². The van der Waals surface area contributed by atoms with Crippen molar-refractivity contribution in [2.24, 2.45) is 5.73 Å². The minimum absolute atomic E-state index is 0.133. The van der Waals surface area contributed by atoms with Crippen molar-refractivity contribution in [3.63, 3.8) is 0 Å². The van der Waals surface area contributed by atoms with Crippen LogP contribution in [0.15, 0.2) is 30.3 Å². The molecule has 2 fully saturated rings. The van der Waals surface area contributed by atoms with Crippen LogP contribution in [0.3, 0.4) is 0 Å². The highest BCUT2D eigenvalue weighted by atomic mass is 16.6. The van der Waals surface area contributed by atoms with E-state index in [-0.39, 0.29) is 25.0 Å². The first-order valence-corrected chi connectivity index (χ1v) is 10.3. The van der Waals surface area contributed by atoms with E-state index in [0.29, 0.717) is 32.4 Å². The molecule has 30 heavy (non-hydrogen) atoms. The second kappa shape index (κ2) is 10.1. The molecule has 1 aromatic rings. The van der Waals surface area contributed by atoms with E-state index in [1.165, 1.54) is 9.80 Å². The predicted octanol–water partition coefficient (Wildman–Crippen LogP) is 0.770. The number of rotatable bonds is 6. The third-order valence-corrected chi connectivity index (χ3v) is 5.44. The van der Waals surface area contributed by atoms with Crippen LogP contribution in [0.25, 0.3) is 0 Å². The zero-order chi connectivity index (χ0) is 21.5. The largest absolute Gasteiger partial charge is 0.445 e. The molecule has 2 saturated heterocycles. The van der Waals surface area contributed by atoms with Crippen LogP contribution in [0.4, 0.5) is 4.79 Å². The summed E-state index contributed by atoms with van der Waals surface area (Å²) in [5.41, 5.74) is 6.09. The fourth-order valence-electron chi connectivity index (χ4n) is 3.91. The fraction of sp³-hybridized carbons (Fsp3) is 0.524. The Morgan fingerprint density at radius 3 is 2.57 bits per heavy atom. The number of likely N-dealkylation sites (tertiary alicyclic amines) is 2. The van der Waals surface area contributed by atoms with Gasteiger partial charge in [-0.1, -0.05) is 30.3 Å². The number of primary amides is 1. The number of nitrogens with zero attached hydrogens (tertiary/aromatic N) is 2. The SMILES string of the molecule is NC(=O)CN1CCCC[C@@H](NC(=O)C2CCCN2C(=O)OCc2ccccc2)C1=O. The van der Waals surface area contributed by atoms with Crippen molar-refractivity contribution >= 4 is 23.8 Å². The summed E-state index contributed by atoms with van der Waals surface area (Å²) in [7, 11) is 0. The molecular formula is C21H28N4O5. The molecule has 0 bridgehead atoms. The molecule has 2 aliphatic heterocycles. The zero-order valence-electron chi connectivity index (χ0n) is 16.9. The Hall–Kier alpha value is -3.10. The Balaban J connectivity index is 1.58. The van der Waals surface area contributed by atoms with Gasteiger partial charge in [0.2, 0.25) is 17.7 Å². The number of ether oxygens (including phenoxy) is 1. The van der Waals surface area contributed by atoms with Crippen molar-refractivity contribution in [1.29, 1.82) is 0 Å². The number of carbonyl (C=O) groups is 4. The summed E-state index contributed by atoms with van der Waals surface area (Å²) in [6.07, 6.45) is 2.64. The maximum Gasteiger partial charge on any atom is 0.410 e. The van der Waals surface area contributed by atoms with Crippen LogP contribution in [-0.2, 0) is 25.7 Å². The van der Waals surface area contributed by atoms with E-state index in [1.807, 2.05) is 30.3 Å². The second-order valence-corrected chi connectivity index (χ2v) is 7.67. The summed E-state index contributed by atoms with van der Waals surface area (Å²) in [5, 5.41) is 2.78. The maximum atomic E-state index is 12.9. The number of hydrogen-bond donors (Lipinski definition) is 2. The predicted molar refractivity (Wildman–Crippen MR) is 108 cm³/mol. The van der Waals surface area contributed by atoms with Crippen molar-refractivity contribution in [1.82, 2.24) is 15.1 Å². The summed E-state index contributed by atoms with van der Waals surface area (Å²) in [4.78, 5) is 52.1. The van der Waals surface area contributed by atoms with E-state index in [0.717, 1.165) is 18.4 Å². The van der Waals surface area contributed by atoms with Gasteiger partial charge in [-0.3, -0.25) is 19.3 Å². The average Bonchev–Trinajstić information content (AvgIpc) is 3.17. The number of carbonyl (C=O) groups excluding carboxylic acids is 4. The van der Waals surface area contributed by atoms with Crippen LogP contribution >= 0.6 is 0 Å². The lowest BCUT2D eigenvalue weighted by atomic mass is 10.1. The Labute approximate surface area is 175 Å². The Kier molecular flexibility index (Phi) is 7.26. The molecule has 2 heterocycles. The van der Waals surface area contributed by atoms with Crippen LogP contribution in [0.2, 0.25) is 0 Å². The van der Waals surface area contributed by atoms with Gasteiger partial charge < -0.3 is 20.7 Å². The number of hydrogen-bond acceptors (Lipinski definition) is 5. The van der Waals surface area contributed by atoms with E-state index in [4.69, 9.17) is 10.5 Å². The molecule has 0 aromatic heterocycles. The quantitative estimate of drug-likeness (QED) is 0.709. The molecule has 0 aliphatic carbocycles. The van der Waals surface area contributed by atoms with E-state index >= 15 is 0 Å². The topological polar surface area (TPSA) is 122 Å². The van der Waals surface area contributed by atoms with Crippen LogP contribution in [-0.4, -0.2) is 65.3 Å². The maximum absolute atomic E-state index is 12.9. The molecule has 0 spiro atoms. The normalized spacial score (nSPS) is 21.8. The summed E-state index contributed by atoms with van der Waals surface area (Å²) in [6.45, 7) is 0.841. The van der Waals surface area contributed by atoms with Crippen molar-refractivity contribution in [2.45, 2.75) is 50.8 Å². The van der Waals surface area contributed by atoms with Crippen LogP contribution < -0.4 is 11.1 Å². The van der Waals surface area contributed by atoms with E-state index < -0.39 is 24.1 Å². The number of benzene rings is 1. The molecule has 162 valence electrons. The smallest absolute Gasteiger partial charge is 0.410 e. The first-order chi connectivity index (χ1) is 14.5. The van der Waals surface area contributed by atoms with Gasteiger partial charge in [-0.25, -0.2) is 4.79 Å². The van der Waals surface area contributed by atoms with E-state index in [9.17, 15) is 19.2 Å². The molecule has 2 aliphatic rings. The van der Waals surface area contributed by atoms with E-state index in [1.54, 1.807) is 0 Å². The van der Waals surface area contributed by atoms with Gasteiger partial charge in [-0.15, -0.1) is 0 Å². The average molecular weight is 416 g/mol. The van der Waals surface area contributed by atoms with Gasteiger partial charge in [0.05, 0.1) is 6.54 Å². The molecule has 0 radical (unpaired) electrons. The first kappa shape index (κ1) is 21.6. The lowest BCUT2D eigenvalue weighted by Crippen LogP contribution is -2.54. The molecule has 4 amide bonds. The Morgan fingerprint density at radius 1 is 1.07 bits per heavy atom. The minimum atomic E-state index is -0.720. The Morgan fingerprint density at radius 2 is 1.83 bits per heavy atom. The third kappa shape index (κ3) is 5.49. The summed E-state index contributed by atoms with van der Waals surface area (Å²) >= 11 is 0. The van der Waals surface area contributed by atoms with Gasteiger partial charge >= 0.3 is 6.09 Å². The number of nitrogens with one attached hydrogen (secondary N) is 1. The molecule has 3 rings (SSSR count). The minimum Gasteiger partial charge on any atom is -0.445 e. The van der Waals surface area contributed by atoms with Gasteiger partial charge in [-0.2, -0.15) is 0 Å². The fourth-order valence-corrected chi connectivity index (χ4v) is 3.91. The van der Waals surface area contributed by atoms with Gasteiger partial charge in [0.25, 0.3) is 0 Å². The molecule has 0 saturated carbocycles. The highest BCUT2D eigenvalue weighted by molar-refractivity contribution is 5.93. The lowest BCUT2D eigenvalue weighted by molar-refractivity contribution is -0.139. The van der Waals surface area contributed by atoms with Crippen LogP contribution in [0.1, 0.15) is 37.7 Å². The van der Waals surface area contributed by atoms with Crippen LogP contribution in [0.5, 0.6) is 0 Å². The highest BCUT2D eigenvalue weighted by Gasteiger charge is 2.37. The molecular weight excluding hydrogens is 388 g/mol.